The third-order valence-corrected chi connectivity index (χ3v) is 6.67. The van der Waals surface area contributed by atoms with E-state index < -0.39 is 27.6 Å². The van der Waals surface area contributed by atoms with Crippen LogP contribution in [0.4, 0.5) is 14.5 Å². The second-order valence-corrected chi connectivity index (χ2v) is 9.14. The molecule has 0 spiro atoms. The normalized spacial score (nSPS) is 14.3. The molecule has 1 amide bonds. The van der Waals surface area contributed by atoms with Gasteiger partial charge in [-0.15, -0.1) is 0 Å². The van der Waals surface area contributed by atoms with Gasteiger partial charge in [0.2, 0.25) is 10.0 Å². The summed E-state index contributed by atoms with van der Waals surface area (Å²) in [5, 5.41) is 0. The lowest BCUT2D eigenvalue weighted by Gasteiger charge is -2.29. The Kier molecular flexibility index (Phi) is 6.23. The van der Waals surface area contributed by atoms with Gasteiger partial charge in [0.05, 0.1) is 12.8 Å². The highest BCUT2D eigenvalue weighted by Crippen LogP contribution is 2.32. The van der Waals surface area contributed by atoms with Gasteiger partial charge in [0, 0.05) is 32.8 Å². The Morgan fingerprint density at radius 1 is 1.20 bits per heavy atom. The Morgan fingerprint density at radius 2 is 1.93 bits per heavy atom. The number of hydrogen-bond acceptors (Lipinski definition) is 4. The topological polar surface area (TPSA) is 66.9 Å². The first-order valence-corrected chi connectivity index (χ1v) is 10.7. The van der Waals surface area contributed by atoms with E-state index in [4.69, 9.17) is 4.74 Å². The first-order chi connectivity index (χ1) is 14.1. The summed E-state index contributed by atoms with van der Waals surface area (Å²) in [6, 6.07) is 6.51. The second kappa shape index (κ2) is 8.53. The number of carbonyl (C=O) groups excluding carboxylic acids is 1. The molecule has 2 aromatic carbocycles. The fourth-order valence-corrected chi connectivity index (χ4v) is 4.41. The van der Waals surface area contributed by atoms with E-state index in [2.05, 4.69) is 0 Å². The van der Waals surface area contributed by atoms with Crippen molar-refractivity contribution in [2.45, 2.75) is 17.7 Å². The number of nitrogens with zero attached hydrogens (tertiary/aromatic N) is 2. The molecule has 9 heteroatoms. The molecule has 1 aliphatic rings. The molecular formula is C21H22F2N2O4S. The molecule has 0 radical (unpaired) electrons. The minimum Gasteiger partial charge on any atom is -0.495 e. The van der Waals surface area contributed by atoms with Crippen molar-refractivity contribution in [3.8, 4) is 5.75 Å². The van der Waals surface area contributed by atoms with E-state index in [0.29, 0.717) is 30.5 Å². The minimum atomic E-state index is -3.76. The fourth-order valence-electron chi connectivity index (χ4n) is 3.32. The second-order valence-electron chi connectivity index (χ2n) is 7.02. The molecule has 0 aliphatic carbocycles. The molecule has 0 unspecified atom stereocenters. The van der Waals surface area contributed by atoms with Crippen molar-refractivity contribution in [3.05, 3.63) is 59.2 Å². The smallest absolute Gasteiger partial charge is 0.251 e. The number of fused-ring (bicyclic) bond motifs is 1. The van der Waals surface area contributed by atoms with Gasteiger partial charge in [-0.25, -0.2) is 21.5 Å². The highest BCUT2D eigenvalue weighted by Gasteiger charge is 2.26. The van der Waals surface area contributed by atoms with Crippen LogP contribution < -0.4 is 9.64 Å². The number of methoxy groups -OCH3 is 1. The lowest BCUT2D eigenvalue weighted by atomic mass is 10.0. The first kappa shape index (κ1) is 21.9. The van der Waals surface area contributed by atoms with Crippen LogP contribution in [0.3, 0.4) is 0 Å². The number of benzene rings is 2. The van der Waals surface area contributed by atoms with Gasteiger partial charge in [-0.1, -0.05) is 6.07 Å². The van der Waals surface area contributed by atoms with Gasteiger partial charge in [0.1, 0.15) is 22.3 Å². The number of halogens is 2. The molecule has 0 saturated heterocycles. The van der Waals surface area contributed by atoms with Gasteiger partial charge in [0.15, 0.2) is 0 Å². The van der Waals surface area contributed by atoms with Crippen LogP contribution in [0.1, 0.15) is 17.5 Å². The predicted octanol–water partition coefficient (Wildman–Crippen LogP) is 3.22. The third kappa shape index (κ3) is 4.22. The fraction of sp³-hybridized carbons (Fsp3) is 0.286. The van der Waals surface area contributed by atoms with Gasteiger partial charge in [-0.05, 0) is 48.2 Å². The average molecular weight is 436 g/mol. The number of aryl methyl sites for hydroxylation is 1. The van der Waals surface area contributed by atoms with E-state index in [1.165, 1.54) is 56.5 Å². The van der Waals surface area contributed by atoms with Crippen LogP contribution in [0.5, 0.6) is 5.75 Å². The Balaban J connectivity index is 1.92. The predicted molar refractivity (Wildman–Crippen MR) is 110 cm³/mol. The maximum atomic E-state index is 14.3. The molecule has 0 bridgehead atoms. The summed E-state index contributed by atoms with van der Waals surface area (Å²) in [6.07, 6.45) is 3.77. The van der Waals surface area contributed by atoms with Gasteiger partial charge >= 0.3 is 0 Å². The van der Waals surface area contributed by atoms with Crippen molar-refractivity contribution in [3.63, 3.8) is 0 Å². The molecule has 1 aliphatic heterocycles. The Morgan fingerprint density at radius 3 is 2.60 bits per heavy atom. The zero-order chi connectivity index (χ0) is 22.1. The van der Waals surface area contributed by atoms with E-state index in [-0.39, 0.29) is 16.3 Å². The van der Waals surface area contributed by atoms with Gasteiger partial charge in [-0.2, -0.15) is 0 Å². The van der Waals surface area contributed by atoms with E-state index in [0.717, 1.165) is 10.4 Å². The van der Waals surface area contributed by atoms with Crippen molar-refractivity contribution < 1.29 is 26.7 Å². The molecule has 0 saturated carbocycles. The van der Waals surface area contributed by atoms with E-state index in [9.17, 15) is 22.0 Å². The molecular weight excluding hydrogens is 414 g/mol. The molecule has 0 N–H and O–H groups in total. The Labute approximate surface area is 174 Å². The number of hydrogen-bond donors (Lipinski definition) is 0. The molecule has 160 valence electrons. The van der Waals surface area contributed by atoms with Crippen LogP contribution in [0.2, 0.25) is 0 Å². The summed E-state index contributed by atoms with van der Waals surface area (Å²) in [7, 11) is 0.430. The van der Waals surface area contributed by atoms with Crippen LogP contribution >= 0.6 is 0 Å². The minimum absolute atomic E-state index is 0.0329. The Hall–Kier alpha value is -2.78. The number of sulfonamides is 1. The molecule has 3 rings (SSSR count). The van der Waals surface area contributed by atoms with Crippen LogP contribution in [0.15, 0.2) is 41.3 Å². The summed E-state index contributed by atoms with van der Waals surface area (Å²) in [5.74, 6) is -1.75. The summed E-state index contributed by atoms with van der Waals surface area (Å²) in [4.78, 5) is 13.9. The van der Waals surface area contributed by atoms with Crippen LogP contribution in [-0.4, -0.2) is 46.4 Å². The molecule has 2 aromatic rings. The van der Waals surface area contributed by atoms with Gasteiger partial charge in [0.25, 0.3) is 5.91 Å². The van der Waals surface area contributed by atoms with Crippen molar-refractivity contribution in [1.29, 1.82) is 0 Å². The van der Waals surface area contributed by atoms with E-state index in [1.54, 1.807) is 6.07 Å². The molecule has 30 heavy (non-hydrogen) atoms. The standard InChI is InChI=1S/C21H22F2N2O4S/c1-24(2)30(27,28)19-11-14(6-8-18(19)29-3)7-9-20(26)25-10-4-5-15-12-16(22)13-17(23)21(15)25/h6-9,11-13H,4-5,10H2,1-3H3/b9-7+. The highest BCUT2D eigenvalue weighted by molar-refractivity contribution is 7.89. The highest BCUT2D eigenvalue weighted by atomic mass is 32.2. The number of ether oxygens (including phenoxy) is 1. The molecule has 1 heterocycles. The average Bonchev–Trinajstić information content (AvgIpc) is 2.70. The van der Waals surface area contributed by atoms with Gasteiger partial charge < -0.3 is 9.64 Å². The zero-order valence-corrected chi connectivity index (χ0v) is 17.7. The van der Waals surface area contributed by atoms with Crippen LogP contribution in [0, 0.1) is 11.6 Å². The van der Waals surface area contributed by atoms with Crippen molar-refractivity contribution in [1.82, 2.24) is 4.31 Å². The quantitative estimate of drug-likeness (QED) is 0.675. The monoisotopic (exact) mass is 436 g/mol. The largest absolute Gasteiger partial charge is 0.495 e. The Bertz CT molecular complexity index is 1110. The number of carbonyl (C=O) groups is 1. The van der Waals surface area contributed by atoms with Crippen LogP contribution in [-0.2, 0) is 21.2 Å². The first-order valence-electron chi connectivity index (χ1n) is 9.23. The summed E-state index contributed by atoms with van der Waals surface area (Å²) in [6.45, 7) is 0.307. The number of amides is 1. The van der Waals surface area contributed by atoms with Crippen molar-refractivity contribution in [2.24, 2.45) is 0 Å². The number of rotatable bonds is 5. The van der Waals surface area contributed by atoms with E-state index >= 15 is 0 Å². The maximum Gasteiger partial charge on any atom is 0.251 e. The maximum absolute atomic E-state index is 14.3. The zero-order valence-electron chi connectivity index (χ0n) is 16.9. The van der Waals surface area contributed by atoms with E-state index in [1.807, 2.05) is 0 Å². The molecule has 6 nitrogen and oxygen atoms in total. The van der Waals surface area contributed by atoms with Crippen molar-refractivity contribution >= 4 is 27.7 Å². The number of anilines is 1. The summed E-state index contributed by atoms with van der Waals surface area (Å²) in [5.41, 5.74) is 0.994. The summed E-state index contributed by atoms with van der Waals surface area (Å²) >= 11 is 0. The lowest BCUT2D eigenvalue weighted by molar-refractivity contribution is -0.114. The molecule has 0 atom stereocenters. The molecule has 0 aromatic heterocycles. The SMILES string of the molecule is COc1ccc(/C=C/C(=O)N2CCCc3cc(F)cc(F)c32)cc1S(=O)(=O)N(C)C. The molecule has 0 fully saturated rings. The van der Waals surface area contributed by atoms with Crippen LogP contribution in [0.25, 0.3) is 6.08 Å². The van der Waals surface area contributed by atoms with Gasteiger partial charge in [-0.3, -0.25) is 4.79 Å². The lowest BCUT2D eigenvalue weighted by Crippen LogP contribution is -2.35. The third-order valence-electron chi connectivity index (χ3n) is 4.84. The van der Waals surface area contributed by atoms with Crippen molar-refractivity contribution in [2.75, 3.05) is 32.6 Å². The summed E-state index contributed by atoms with van der Waals surface area (Å²) < 4.78 is 59.1.